The highest BCUT2D eigenvalue weighted by atomic mass is 35.5. The first kappa shape index (κ1) is 22.1. The Hall–Kier alpha value is -2.60. The maximum absolute atomic E-state index is 12.0. The molecule has 4 nitrogen and oxygen atoms in total. The van der Waals surface area contributed by atoms with Gasteiger partial charge in [-0.1, -0.05) is 48.0 Å². The first-order chi connectivity index (χ1) is 14.2. The van der Waals surface area contributed by atoms with E-state index in [0.29, 0.717) is 22.0 Å². The first-order valence-corrected chi connectivity index (χ1v) is 10.7. The minimum Gasteiger partial charge on any atom is -0.385 e. The van der Waals surface area contributed by atoms with Gasteiger partial charge in [0.05, 0.1) is 22.0 Å². The Bertz CT molecular complexity index is 1130. The smallest absolute Gasteiger partial charge is 0.160 e. The first-order valence-electron chi connectivity index (χ1n) is 9.49. The lowest BCUT2D eigenvalue weighted by atomic mass is 9.97. The highest BCUT2D eigenvalue weighted by Gasteiger charge is 2.23. The van der Waals surface area contributed by atoms with Crippen LogP contribution >= 0.6 is 22.9 Å². The number of para-hydroxylation sites is 1. The molecule has 0 bridgehead atoms. The van der Waals surface area contributed by atoms with Crippen molar-refractivity contribution in [2.24, 2.45) is 4.99 Å². The molecule has 0 unspecified atom stereocenters. The molecule has 0 saturated heterocycles. The molecule has 0 amide bonds. The normalized spacial score (nSPS) is 12.1. The van der Waals surface area contributed by atoms with Crippen LogP contribution in [0.1, 0.15) is 42.4 Å². The Morgan fingerprint density at radius 2 is 1.77 bits per heavy atom. The fraction of sp³-hybridized carbons (Fsp3) is 0.208. The number of carbonyl (C=O) groups excluding carboxylic acids is 1. The average molecular weight is 439 g/mol. The summed E-state index contributed by atoms with van der Waals surface area (Å²) >= 11 is 7.79. The van der Waals surface area contributed by atoms with Crippen molar-refractivity contribution in [3.05, 3.63) is 76.1 Å². The molecular formula is C24H23ClN2O2S. The van der Waals surface area contributed by atoms with Gasteiger partial charge in [-0.2, -0.15) is 0 Å². The molecule has 0 fully saturated rings. The van der Waals surface area contributed by atoms with Crippen LogP contribution in [0.25, 0.3) is 10.4 Å². The summed E-state index contributed by atoms with van der Waals surface area (Å²) in [6, 6.07) is 18.7. The molecule has 0 aliphatic heterocycles. The maximum Gasteiger partial charge on any atom is 0.160 e. The lowest BCUT2D eigenvalue weighted by Crippen LogP contribution is -2.32. The van der Waals surface area contributed by atoms with Gasteiger partial charge >= 0.3 is 0 Å². The van der Waals surface area contributed by atoms with E-state index in [1.807, 2.05) is 54.6 Å². The van der Waals surface area contributed by atoms with Gasteiger partial charge in [0.25, 0.3) is 0 Å². The number of hydrogen-bond acceptors (Lipinski definition) is 5. The summed E-state index contributed by atoms with van der Waals surface area (Å²) < 4.78 is 0. The topological polar surface area (TPSA) is 73.5 Å². The molecule has 0 aliphatic carbocycles. The number of rotatable bonds is 7. The van der Waals surface area contributed by atoms with Gasteiger partial charge in [-0.25, -0.2) is 0 Å². The number of Topliss-reactive ketones (excluding diaryl/α,β-unsaturated/α-hetero) is 1. The highest BCUT2D eigenvalue weighted by molar-refractivity contribution is 7.17. The molecule has 2 aromatic carbocycles. The lowest BCUT2D eigenvalue weighted by Gasteiger charge is -2.19. The van der Waals surface area contributed by atoms with Gasteiger partial charge in [-0.15, -0.1) is 11.3 Å². The second kappa shape index (κ2) is 9.04. The fourth-order valence-corrected chi connectivity index (χ4v) is 4.11. The van der Waals surface area contributed by atoms with E-state index in [2.05, 4.69) is 0 Å². The quantitative estimate of drug-likeness (QED) is 0.323. The van der Waals surface area contributed by atoms with Gasteiger partial charge in [0.1, 0.15) is 0 Å². The predicted octanol–water partition coefficient (Wildman–Crippen LogP) is 6.57. The van der Waals surface area contributed by atoms with Gasteiger partial charge in [0, 0.05) is 33.0 Å². The van der Waals surface area contributed by atoms with Crippen LogP contribution in [0.5, 0.6) is 0 Å². The van der Waals surface area contributed by atoms with E-state index in [4.69, 9.17) is 22.0 Å². The molecule has 3 rings (SSSR count). The number of aliphatic hydroxyl groups is 1. The van der Waals surface area contributed by atoms with Crippen LogP contribution < -0.4 is 0 Å². The van der Waals surface area contributed by atoms with Crippen LogP contribution in [0, 0.1) is 5.41 Å². The number of aliphatic imine (C=N–C) groups is 1. The fourth-order valence-electron chi connectivity index (χ4n) is 2.90. The molecule has 3 aromatic rings. The Morgan fingerprint density at radius 1 is 1.10 bits per heavy atom. The second-order valence-corrected chi connectivity index (χ2v) is 8.98. The third-order valence-electron chi connectivity index (χ3n) is 4.65. The van der Waals surface area contributed by atoms with Crippen molar-refractivity contribution in [2.45, 2.75) is 32.8 Å². The van der Waals surface area contributed by atoms with E-state index >= 15 is 0 Å². The molecule has 0 aliphatic rings. The van der Waals surface area contributed by atoms with Crippen LogP contribution in [-0.2, 0) is 0 Å². The lowest BCUT2D eigenvalue weighted by molar-refractivity contribution is 0.101. The Balaban J connectivity index is 2.07. The van der Waals surface area contributed by atoms with Gasteiger partial charge < -0.3 is 10.5 Å². The summed E-state index contributed by atoms with van der Waals surface area (Å²) in [5.41, 5.74) is 1.70. The molecule has 2 N–H and O–H groups in total. The number of nitrogens with one attached hydrogen (secondary N) is 1. The van der Waals surface area contributed by atoms with Crippen LogP contribution in [0.15, 0.2) is 65.7 Å². The summed E-state index contributed by atoms with van der Waals surface area (Å²) in [4.78, 5) is 18.5. The zero-order valence-corrected chi connectivity index (χ0v) is 18.6. The number of halogens is 1. The van der Waals surface area contributed by atoms with E-state index in [1.165, 1.54) is 11.3 Å². The third kappa shape index (κ3) is 5.11. The van der Waals surface area contributed by atoms with Gasteiger partial charge in [-0.05, 0) is 45.0 Å². The number of nitrogens with zero attached hydrogens (tertiary/aromatic N) is 1. The van der Waals surface area contributed by atoms with E-state index in [1.54, 1.807) is 26.8 Å². The minimum atomic E-state index is -1.25. The van der Waals surface area contributed by atoms with Gasteiger partial charge in [0.15, 0.2) is 5.78 Å². The van der Waals surface area contributed by atoms with E-state index < -0.39 is 5.60 Å². The molecule has 154 valence electrons. The monoisotopic (exact) mass is 438 g/mol. The van der Waals surface area contributed by atoms with Crippen molar-refractivity contribution >= 4 is 45.8 Å². The zero-order valence-electron chi connectivity index (χ0n) is 17.1. The Labute approximate surface area is 185 Å². The third-order valence-corrected chi connectivity index (χ3v) is 6.14. The van der Waals surface area contributed by atoms with Crippen LogP contribution in [0.3, 0.4) is 0 Å². The molecule has 0 radical (unpaired) electrons. The van der Waals surface area contributed by atoms with Crippen molar-refractivity contribution in [2.75, 3.05) is 0 Å². The number of thiophene rings is 1. The van der Waals surface area contributed by atoms with E-state index in [9.17, 15) is 9.90 Å². The van der Waals surface area contributed by atoms with Crippen molar-refractivity contribution < 1.29 is 9.90 Å². The van der Waals surface area contributed by atoms with Crippen molar-refractivity contribution in [3.63, 3.8) is 0 Å². The summed E-state index contributed by atoms with van der Waals surface area (Å²) in [6.45, 7) is 4.74. The molecule has 0 spiro atoms. The van der Waals surface area contributed by atoms with E-state index in [0.717, 1.165) is 15.3 Å². The summed E-state index contributed by atoms with van der Waals surface area (Å²) in [5, 5.41) is 19.1. The van der Waals surface area contributed by atoms with E-state index in [-0.39, 0.29) is 17.9 Å². The van der Waals surface area contributed by atoms with Gasteiger partial charge in [-0.3, -0.25) is 9.79 Å². The maximum atomic E-state index is 12.0. The van der Waals surface area contributed by atoms with Crippen molar-refractivity contribution in [3.8, 4) is 10.4 Å². The summed E-state index contributed by atoms with van der Waals surface area (Å²) in [5.74, 6) is 0.00863. The van der Waals surface area contributed by atoms with Crippen molar-refractivity contribution in [1.82, 2.24) is 0 Å². The average Bonchev–Trinajstić information content (AvgIpc) is 3.18. The second-order valence-electron chi connectivity index (χ2n) is 7.49. The van der Waals surface area contributed by atoms with Gasteiger partial charge in [0.2, 0.25) is 0 Å². The number of hydrogen-bond donors (Lipinski definition) is 2. The molecule has 0 atom stereocenters. The molecule has 6 heteroatoms. The van der Waals surface area contributed by atoms with Crippen LogP contribution in [0.2, 0.25) is 5.02 Å². The molecular weight excluding hydrogens is 416 g/mol. The Kier molecular flexibility index (Phi) is 6.66. The van der Waals surface area contributed by atoms with Crippen LogP contribution in [0.4, 0.5) is 5.69 Å². The minimum absolute atomic E-state index is 0.00863. The number of ketones is 1. The SMILES string of the molecule is CC(=O)c1ccccc1-c1ccc(C(CC(=N)C(C)(C)O)=Nc2ccccc2Cl)s1. The van der Waals surface area contributed by atoms with Crippen molar-refractivity contribution in [1.29, 1.82) is 5.41 Å². The molecule has 1 heterocycles. The molecule has 1 aromatic heterocycles. The Morgan fingerprint density at radius 3 is 2.43 bits per heavy atom. The summed E-state index contributed by atoms with van der Waals surface area (Å²) in [6.07, 6.45) is 0.184. The predicted molar refractivity (Wildman–Crippen MR) is 126 cm³/mol. The summed E-state index contributed by atoms with van der Waals surface area (Å²) in [7, 11) is 0. The number of benzene rings is 2. The number of carbonyl (C=O) groups is 1. The molecule has 30 heavy (non-hydrogen) atoms. The standard InChI is InChI=1S/C24H23ClN2O2S/c1-15(28)16-8-4-5-9-17(16)21-12-13-22(30-21)20(14-23(26)24(2,3)29)27-19-11-7-6-10-18(19)25/h4-13,26,29H,14H2,1-3H3. The highest BCUT2D eigenvalue weighted by Crippen LogP contribution is 2.33. The van der Waals surface area contributed by atoms with Crippen LogP contribution in [-0.4, -0.2) is 27.9 Å². The largest absolute Gasteiger partial charge is 0.385 e. The molecule has 0 saturated carbocycles. The zero-order chi connectivity index (χ0) is 21.9.